The van der Waals surface area contributed by atoms with Gasteiger partial charge in [-0.2, -0.15) is 0 Å². The molecule has 0 bridgehead atoms. The third kappa shape index (κ3) is 3.59. The quantitative estimate of drug-likeness (QED) is 0.831. The number of rotatable bonds is 4. The molecule has 108 valence electrons. The average Bonchev–Trinajstić information content (AvgIpc) is 2.94. The molecule has 2 heteroatoms. The van der Waals surface area contributed by atoms with Crippen molar-refractivity contribution in [3.05, 3.63) is 60.4 Å². The lowest BCUT2D eigenvalue weighted by molar-refractivity contribution is 0.313. The Morgan fingerprint density at radius 3 is 2.81 bits per heavy atom. The normalized spacial score (nSPS) is 19.4. The van der Waals surface area contributed by atoms with Crippen molar-refractivity contribution in [3.8, 4) is 11.1 Å². The molecule has 1 aromatic heterocycles. The molecule has 0 spiro atoms. The SMILES string of the molecule is CN1CCCC1CC=Cc1cncc(-c2ccccc2)c1. The summed E-state index contributed by atoms with van der Waals surface area (Å²) in [5.74, 6) is 0. The minimum Gasteiger partial charge on any atom is -0.303 e. The minimum atomic E-state index is 0.714. The third-order valence-corrected chi connectivity index (χ3v) is 4.26. The molecule has 1 fully saturated rings. The molecule has 1 saturated heterocycles. The summed E-state index contributed by atoms with van der Waals surface area (Å²) in [6.45, 7) is 1.24. The Morgan fingerprint density at radius 1 is 1.19 bits per heavy atom. The number of hydrogen-bond acceptors (Lipinski definition) is 2. The molecule has 3 rings (SSSR count). The molecular formula is C19H22N2. The molecule has 2 nitrogen and oxygen atoms in total. The second kappa shape index (κ2) is 6.68. The van der Waals surface area contributed by atoms with Crippen molar-refractivity contribution in [2.24, 2.45) is 0 Å². The lowest BCUT2D eigenvalue weighted by Gasteiger charge is -2.16. The average molecular weight is 278 g/mol. The lowest BCUT2D eigenvalue weighted by Crippen LogP contribution is -2.23. The number of pyridine rings is 1. The van der Waals surface area contributed by atoms with Gasteiger partial charge in [-0.15, -0.1) is 0 Å². The maximum absolute atomic E-state index is 4.36. The molecule has 2 aromatic rings. The second-order valence-corrected chi connectivity index (χ2v) is 5.79. The van der Waals surface area contributed by atoms with Gasteiger partial charge in [-0.05, 0) is 50.0 Å². The minimum absolute atomic E-state index is 0.714. The van der Waals surface area contributed by atoms with Crippen LogP contribution in [0.5, 0.6) is 0 Å². The van der Waals surface area contributed by atoms with E-state index in [2.05, 4.69) is 59.4 Å². The van der Waals surface area contributed by atoms with Crippen molar-refractivity contribution < 1.29 is 0 Å². The van der Waals surface area contributed by atoms with Gasteiger partial charge >= 0.3 is 0 Å². The lowest BCUT2D eigenvalue weighted by atomic mass is 10.1. The van der Waals surface area contributed by atoms with Crippen molar-refractivity contribution in [2.75, 3.05) is 13.6 Å². The van der Waals surface area contributed by atoms with E-state index in [1.165, 1.54) is 36.1 Å². The summed E-state index contributed by atoms with van der Waals surface area (Å²) in [6.07, 6.45) is 12.1. The molecule has 0 amide bonds. The van der Waals surface area contributed by atoms with Crippen LogP contribution in [0.25, 0.3) is 17.2 Å². The maximum atomic E-state index is 4.36. The van der Waals surface area contributed by atoms with Gasteiger partial charge in [0.05, 0.1) is 0 Å². The summed E-state index contributed by atoms with van der Waals surface area (Å²) in [6, 6.07) is 13.3. The molecule has 0 N–H and O–H groups in total. The van der Waals surface area contributed by atoms with Gasteiger partial charge in [0, 0.05) is 24.0 Å². The van der Waals surface area contributed by atoms with Gasteiger partial charge in [0.25, 0.3) is 0 Å². The topological polar surface area (TPSA) is 16.1 Å². The highest BCUT2D eigenvalue weighted by Gasteiger charge is 2.18. The van der Waals surface area contributed by atoms with E-state index in [4.69, 9.17) is 0 Å². The van der Waals surface area contributed by atoms with Gasteiger partial charge in [-0.25, -0.2) is 0 Å². The fourth-order valence-electron chi connectivity index (χ4n) is 2.98. The molecule has 2 heterocycles. The Bertz CT molecular complexity index is 604. The Kier molecular flexibility index (Phi) is 4.46. The van der Waals surface area contributed by atoms with Crippen LogP contribution < -0.4 is 0 Å². The highest BCUT2D eigenvalue weighted by molar-refractivity contribution is 5.65. The molecule has 1 unspecified atom stereocenters. The van der Waals surface area contributed by atoms with Gasteiger partial charge in [-0.1, -0.05) is 42.5 Å². The first kappa shape index (κ1) is 14.0. The van der Waals surface area contributed by atoms with Crippen LogP contribution in [-0.2, 0) is 0 Å². The van der Waals surface area contributed by atoms with Gasteiger partial charge < -0.3 is 4.90 Å². The van der Waals surface area contributed by atoms with E-state index >= 15 is 0 Å². The van der Waals surface area contributed by atoms with Crippen molar-refractivity contribution in [3.63, 3.8) is 0 Å². The summed E-state index contributed by atoms with van der Waals surface area (Å²) in [7, 11) is 2.23. The summed E-state index contributed by atoms with van der Waals surface area (Å²) in [4.78, 5) is 6.83. The molecule has 1 aromatic carbocycles. The molecule has 1 atom stereocenters. The fraction of sp³-hybridized carbons (Fsp3) is 0.316. The Hall–Kier alpha value is -1.93. The van der Waals surface area contributed by atoms with E-state index in [9.17, 15) is 0 Å². The van der Waals surface area contributed by atoms with E-state index < -0.39 is 0 Å². The molecule has 0 radical (unpaired) electrons. The maximum Gasteiger partial charge on any atom is 0.0346 e. The van der Waals surface area contributed by atoms with Crippen molar-refractivity contribution in [2.45, 2.75) is 25.3 Å². The highest BCUT2D eigenvalue weighted by atomic mass is 15.1. The van der Waals surface area contributed by atoms with E-state index in [0.29, 0.717) is 6.04 Å². The molecule has 1 aliphatic heterocycles. The predicted molar refractivity (Wildman–Crippen MR) is 89.0 cm³/mol. The number of hydrogen-bond donors (Lipinski definition) is 0. The predicted octanol–water partition coefficient (Wildman–Crippen LogP) is 4.25. The molecule has 0 saturated carbocycles. The zero-order valence-corrected chi connectivity index (χ0v) is 12.6. The standard InChI is InChI=1S/C19H22N2/c1-21-12-6-11-19(21)10-5-7-16-13-18(15-20-14-16)17-8-3-2-4-9-17/h2-5,7-9,13-15,19H,6,10-12H2,1H3. The van der Waals surface area contributed by atoms with Crippen molar-refractivity contribution in [1.29, 1.82) is 0 Å². The van der Waals surface area contributed by atoms with Crippen LogP contribution in [0, 0.1) is 0 Å². The van der Waals surface area contributed by atoms with Gasteiger partial charge in [-0.3, -0.25) is 4.98 Å². The van der Waals surface area contributed by atoms with Gasteiger partial charge in [0.2, 0.25) is 0 Å². The monoisotopic (exact) mass is 278 g/mol. The van der Waals surface area contributed by atoms with Crippen molar-refractivity contribution in [1.82, 2.24) is 9.88 Å². The number of likely N-dealkylation sites (tertiary alicyclic amines) is 1. The van der Waals surface area contributed by atoms with Crippen LogP contribution in [0.15, 0.2) is 54.9 Å². The number of aromatic nitrogens is 1. The summed E-state index contributed by atoms with van der Waals surface area (Å²) in [5, 5.41) is 0. The highest BCUT2D eigenvalue weighted by Crippen LogP contribution is 2.21. The van der Waals surface area contributed by atoms with Crippen LogP contribution in [0.1, 0.15) is 24.8 Å². The first-order valence-electron chi connectivity index (χ1n) is 7.70. The first-order chi connectivity index (χ1) is 10.3. The third-order valence-electron chi connectivity index (χ3n) is 4.26. The van der Waals surface area contributed by atoms with Crippen molar-refractivity contribution >= 4 is 6.08 Å². The van der Waals surface area contributed by atoms with Gasteiger partial charge in [0.1, 0.15) is 0 Å². The van der Waals surface area contributed by atoms with Crippen LogP contribution in [-0.4, -0.2) is 29.5 Å². The summed E-state index contributed by atoms with van der Waals surface area (Å²) < 4.78 is 0. The van der Waals surface area contributed by atoms with Gasteiger partial charge in [0.15, 0.2) is 0 Å². The Balaban J connectivity index is 1.69. The van der Waals surface area contributed by atoms with Crippen LogP contribution in [0.4, 0.5) is 0 Å². The Morgan fingerprint density at radius 2 is 2.05 bits per heavy atom. The van der Waals surface area contributed by atoms with E-state index in [1.54, 1.807) is 0 Å². The van der Waals surface area contributed by atoms with Crippen LogP contribution in [0.3, 0.4) is 0 Å². The molecule has 21 heavy (non-hydrogen) atoms. The van der Waals surface area contributed by atoms with E-state index in [1.807, 2.05) is 18.5 Å². The fourth-order valence-corrected chi connectivity index (χ4v) is 2.98. The summed E-state index contributed by atoms with van der Waals surface area (Å²) >= 11 is 0. The zero-order valence-electron chi connectivity index (χ0n) is 12.6. The Labute approximate surface area is 127 Å². The smallest absolute Gasteiger partial charge is 0.0346 e. The molecular weight excluding hydrogens is 256 g/mol. The van der Waals surface area contributed by atoms with E-state index in [-0.39, 0.29) is 0 Å². The number of benzene rings is 1. The second-order valence-electron chi connectivity index (χ2n) is 5.79. The van der Waals surface area contributed by atoms with E-state index in [0.717, 1.165) is 6.42 Å². The first-order valence-corrected chi connectivity index (χ1v) is 7.70. The molecule has 0 aliphatic carbocycles. The zero-order chi connectivity index (χ0) is 14.5. The molecule has 1 aliphatic rings. The van der Waals surface area contributed by atoms with Crippen LogP contribution >= 0.6 is 0 Å². The largest absolute Gasteiger partial charge is 0.303 e. The number of nitrogens with zero attached hydrogens (tertiary/aromatic N) is 2. The van der Waals surface area contributed by atoms with Crippen LogP contribution in [0.2, 0.25) is 0 Å². The summed E-state index contributed by atoms with van der Waals surface area (Å²) in [5.41, 5.74) is 3.57.